The molecule has 5 nitrogen and oxygen atoms in total. The molecule has 0 unspecified atom stereocenters. The molecule has 0 aliphatic heterocycles. The molecule has 2 aromatic heterocycles. The first-order valence-electron chi connectivity index (χ1n) is 4.96. The molecule has 0 fully saturated rings. The Balaban J connectivity index is 2.08. The lowest BCUT2D eigenvalue weighted by Gasteiger charge is -2.00. The zero-order valence-corrected chi connectivity index (χ0v) is 8.80. The maximum Gasteiger partial charge on any atom is 0.225 e. The van der Waals surface area contributed by atoms with Crippen molar-refractivity contribution in [2.75, 3.05) is 0 Å². The van der Waals surface area contributed by atoms with Crippen LogP contribution in [-0.4, -0.2) is 19.7 Å². The Kier molecular flexibility index (Phi) is 3.09. The van der Waals surface area contributed by atoms with Gasteiger partial charge >= 0.3 is 0 Å². The summed E-state index contributed by atoms with van der Waals surface area (Å²) in [6, 6.07) is 1.12. The maximum atomic E-state index is 12.7. The first-order chi connectivity index (χ1) is 7.78. The van der Waals surface area contributed by atoms with Gasteiger partial charge in [-0.15, -0.1) is 0 Å². The summed E-state index contributed by atoms with van der Waals surface area (Å²) < 4.78 is 19.8. The Morgan fingerprint density at radius 3 is 3.06 bits per heavy atom. The number of aromatic nitrogens is 4. The van der Waals surface area contributed by atoms with Gasteiger partial charge in [0.2, 0.25) is 11.8 Å². The second-order valence-electron chi connectivity index (χ2n) is 3.22. The van der Waals surface area contributed by atoms with E-state index in [-0.39, 0.29) is 5.88 Å². The Hall–Kier alpha value is -1.98. The average Bonchev–Trinajstić information content (AvgIpc) is 2.66. The highest BCUT2D eigenvalue weighted by atomic mass is 19.1. The SMILES string of the molecule is CCCn1cc(Oc2cc(F)ncn2)cn1. The summed E-state index contributed by atoms with van der Waals surface area (Å²) in [5, 5.41) is 4.08. The van der Waals surface area contributed by atoms with Crippen LogP contribution in [0.15, 0.2) is 24.8 Å². The van der Waals surface area contributed by atoms with Crippen LogP contribution in [0.4, 0.5) is 4.39 Å². The van der Waals surface area contributed by atoms with Gasteiger partial charge in [0, 0.05) is 6.54 Å². The molecule has 6 heteroatoms. The molecule has 0 amide bonds. The average molecular weight is 222 g/mol. The molecule has 0 N–H and O–H groups in total. The molecule has 0 atom stereocenters. The van der Waals surface area contributed by atoms with Crippen molar-refractivity contribution in [1.29, 1.82) is 0 Å². The highest BCUT2D eigenvalue weighted by Crippen LogP contribution is 2.17. The number of hydrogen-bond donors (Lipinski definition) is 0. The van der Waals surface area contributed by atoms with E-state index < -0.39 is 5.95 Å². The Morgan fingerprint density at radius 1 is 1.44 bits per heavy atom. The third-order valence-corrected chi connectivity index (χ3v) is 1.89. The Morgan fingerprint density at radius 2 is 2.31 bits per heavy atom. The molecule has 0 aromatic carbocycles. The second kappa shape index (κ2) is 4.69. The summed E-state index contributed by atoms with van der Waals surface area (Å²) in [5.74, 6) is 0.0843. The van der Waals surface area contributed by atoms with Crippen molar-refractivity contribution in [3.63, 3.8) is 0 Å². The highest BCUT2D eigenvalue weighted by Gasteiger charge is 2.03. The standard InChI is InChI=1S/C10H11FN4O/c1-2-3-15-6-8(5-14-15)16-10-4-9(11)12-7-13-10/h4-7H,2-3H2,1H3. The third-order valence-electron chi connectivity index (χ3n) is 1.89. The number of ether oxygens (including phenoxy) is 1. The topological polar surface area (TPSA) is 52.8 Å². The predicted octanol–water partition coefficient (Wildman–Crippen LogP) is 2.01. The number of nitrogens with zero attached hydrogens (tertiary/aromatic N) is 4. The largest absolute Gasteiger partial charge is 0.436 e. The van der Waals surface area contributed by atoms with Gasteiger partial charge < -0.3 is 4.74 Å². The van der Waals surface area contributed by atoms with E-state index in [1.54, 1.807) is 17.1 Å². The molecule has 0 spiro atoms. The Labute approximate surface area is 91.9 Å². The van der Waals surface area contributed by atoms with Crippen LogP contribution in [0, 0.1) is 5.95 Å². The molecule has 0 saturated heterocycles. The van der Waals surface area contributed by atoms with Gasteiger partial charge in [-0.05, 0) is 6.42 Å². The van der Waals surface area contributed by atoms with Crippen LogP contribution < -0.4 is 4.74 Å². The lowest BCUT2D eigenvalue weighted by molar-refractivity contribution is 0.449. The minimum atomic E-state index is -0.619. The van der Waals surface area contributed by atoms with Crippen molar-refractivity contribution < 1.29 is 9.13 Å². The van der Waals surface area contributed by atoms with E-state index in [9.17, 15) is 4.39 Å². The molecule has 16 heavy (non-hydrogen) atoms. The minimum absolute atomic E-state index is 0.170. The summed E-state index contributed by atoms with van der Waals surface area (Å²) in [7, 11) is 0. The van der Waals surface area contributed by atoms with Crippen molar-refractivity contribution in [3.05, 3.63) is 30.7 Å². The lowest BCUT2D eigenvalue weighted by Crippen LogP contribution is -1.95. The van der Waals surface area contributed by atoms with Gasteiger partial charge in [-0.25, -0.2) is 9.97 Å². The highest BCUT2D eigenvalue weighted by molar-refractivity contribution is 5.20. The first-order valence-corrected chi connectivity index (χ1v) is 4.96. The van der Waals surface area contributed by atoms with Crippen molar-refractivity contribution in [3.8, 4) is 11.6 Å². The molecule has 2 rings (SSSR count). The zero-order chi connectivity index (χ0) is 11.4. The third kappa shape index (κ3) is 2.53. The molecular formula is C10H11FN4O. The van der Waals surface area contributed by atoms with Crippen LogP contribution in [0.3, 0.4) is 0 Å². The van der Waals surface area contributed by atoms with E-state index in [2.05, 4.69) is 22.0 Å². The van der Waals surface area contributed by atoms with Gasteiger partial charge in [0.25, 0.3) is 0 Å². The van der Waals surface area contributed by atoms with Crippen molar-refractivity contribution in [1.82, 2.24) is 19.7 Å². The van der Waals surface area contributed by atoms with E-state index >= 15 is 0 Å². The van der Waals surface area contributed by atoms with Gasteiger partial charge in [-0.1, -0.05) is 6.92 Å². The van der Waals surface area contributed by atoms with Crippen LogP contribution in [0.1, 0.15) is 13.3 Å². The fourth-order valence-electron chi connectivity index (χ4n) is 1.24. The maximum absolute atomic E-state index is 12.7. The van der Waals surface area contributed by atoms with Crippen LogP contribution in [-0.2, 0) is 6.54 Å². The van der Waals surface area contributed by atoms with Gasteiger partial charge in [-0.3, -0.25) is 4.68 Å². The number of rotatable bonds is 4. The smallest absolute Gasteiger partial charge is 0.225 e. The van der Waals surface area contributed by atoms with Gasteiger partial charge in [0.1, 0.15) is 6.33 Å². The molecule has 0 aliphatic rings. The molecule has 84 valence electrons. The van der Waals surface area contributed by atoms with Crippen molar-refractivity contribution in [2.24, 2.45) is 0 Å². The molecule has 0 aliphatic carbocycles. The van der Waals surface area contributed by atoms with Gasteiger partial charge in [0.15, 0.2) is 5.75 Å². The summed E-state index contributed by atoms with van der Waals surface area (Å²) in [6.07, 6.45) is 5.41. The van der Waals surface area contributed by atoms with E-state index in [1.807, 2.05) is 0 Å². The summed E-state index contributed by atoms with van der Waals surface area (Å²) in [5.41, 5.74) is 0. The fraction of sp³-hybridized carbons (Fsp3) is 0.300. The van der Waals surface area contributed by atoms with E-state index in [0.29, 0.717) is 5.75 Å². The number of aryl methyl sites for hydroxylation is 1. The normalized spacial score (nSPS) is 10.4. The predicted molar refractivity (Wildman–Crippen MR) is 54.6 cm³/mol. The quantitative estimate of drug-likeness (QED) is 0.742. The Bertz CT molecular complexity index is 471. The second-order valence-corrected chi connectivity index (χ2v) is 3.22. The monoisotopic (exact) mass is 222 g/mol. The van der Waals surface area contributed by atoms with Crippen molar-refractivity contribution in [2.45, 2.75) is 19.9 Å². The number of hydrogen-bond acceptors (Lipinski definition) is 4. The zero-order valence-electron chi connectivity index (χ0n) is 8.80. The molecule has 0 bridgehead atoms. The van der Waals surface area contributed by atoms with Crippen LogP contribution in [0.2, 0.25) is 0 Å². The minimum Gasteiger partial charge on any atom is -0.436 e. The lowest BCUT2D eigenvalue weighted by atomic mass is 10.5. The van der Waals surface area contributed by atoms with E-state index in [4.69, 9.17) is 4.74 Å². The van der Waals surface area contributed by atoms with E-state index in [1.165, 1.54) is 0 Å². The summed E-state index contributed by atoms with van der Waals surface area (Å²) in [4.78, 5) is 7.12. The van der Waals surface area contributed by atoms with E-state index in [0.717, 1.165) is 25.4 Å². The van der Waals surface area contributed by atoms with Crippen LogP contribution in [0.5, 0.6) is 11.6 Å². The molecule has 2 heterocycles. The van der Waals surface area contributed by atoms with Crippen molar-refractivity contribution >= 4 is 0 Å². The first kappa shape index (κ1) is 10.5. The fourth-order valence-corrected chi connectivity index (χ4v) is 1.24. The molecule has 0 radical (unpaired) electrons. The summed E-state index contributed by atoms with van der Waals surface area (Å²) in [6.45, 7) is 2.88. The van der Waals surface area contributed by atoms with Crippen LogP contribution in [0.25, 0.3) is 0 Å². The van der Waals surface area contributed by atoms with Gasteiger partial charge in [-0.2, -0.15) is 9.49 Å². The van der Waals surface area contributed by atoms with Crippen LogP contribution >= 0.6 is 0 Å². The van der Waals surface area contributed by atoms with Gasteiger partial charge in [0.05, 0.1) is 18.5 Å². The summed E-state index contributed by atoms with van der Waals surface area (Å²) >= 11 is 0. The molecular weight excluding hydrogens is 211 g/mol. The molecule has 2 aromatic rings. The molecule has 0 saturated carbocycles. The number of halogens is 1.